The van der Waals surface area contributed by atoms with E-state index in [2.05, 4.69) is 10.6 Å². The van der Waals surface area contributed by atoms with Gasteiger partial charge >= 0.3 is 12.3 Å². The van der Waals surface area contributed by atoms with Crippen molar-refractivity contribution >= 4 is 17.7 Å². The van der Waals surface area contributed by atoms with Gasteiger partial charge in [-0.1, -0.05) is 0 Å². The molecule has 2 rings (SSSR count). The Morgan fingerprint density at radius 1 is 1.30 bits per heavy atom. The first-order chi connectivity index (χ1) is 13.8. The van der Waals surface area contributed by atoms with Crippen LogP contribution in [-0.4, -0.2) is 42.8 Å². The van der Waals surface area contributed by atoms with Crippen molar-refractivity contribution in [3.63, 3.8) is 0 Å². The lowest BCUT2D eigenvalue weighted by Crippen LogP contribution is -2.49. The van der Waals surface area contributed by atoms with E-state index >= 15 is 0 Å². The van der Waals surface area contributed by atoms with Gasteiger partial charge in [-0.05, 0) is 52.3 Å². The van der Waals surface area contributed by atoms with Crippen LogP contribution < -0.4 is 15.5 Å². The largest absolute Gasteiger partial charge is 0.444 e. The highest BCUT2D eigenvalue weighted by Crippen LogP contribution is 2.33. The molecule has 1 saturated heterocycles. The van der Waals surface area contributed by atoms with E-state index in [4.69, 9.17) is 4.74 Å². The highest BCUT2D eigenvalue weighted by atomic mass is 19.4. The van der Waals surface area contributed by atoms with Crippen LogP contribution in [0.1, 0.15) is 45.2 Å². The molecule has 0 spiro atoms. The standard InChI is InChI=1S/C20H25F3N4O3/c1-12(25-18(29)30-19(2,3)4)17(28)26-15-7-8-27(11-15)16-6-5-14(20(21,22)23)9-13(16)10-24/h5-6,9,12,15H,7-8,11H2,1-4H3,(H,25,29)(H,26,28)/t12-,15-/m0/s1. The predicted octanol–water partition coefficient (Wildman–Crippen LogP) is 3.19. The summed E-state index contributed by atoms with van der Waals surface area (Å²) in [5.74, 6) is -0.402. The summed E-state index contributed by atoms with van der Waals surface area (Å²) in [7, 11) is 0. The Kier molecular flexibility index (Phi) is 6.85. The third-order valence-corrected chi connectivity index (χ3v) is 4.45. The van der Waals surface area contributed by atoms with Crippen LogP contribution in [0.2, 0.25) is 0 Å². The van der Waals surface area contributed by atoms with Gasteiger partial charge in [-0.15, -0.1) is 0 Å². The number of ether oxygens (including phenoxy) is 1. The van der Waals surface area contributed by atoms with Crippen molar-refractivity contribution in [2.45, 2.75) is 58.0 Å². The topological polar surface area (TPSA) is 94.5 Å². The van der Waals surface area contributed by atoms with Crippen molar-refractivity contribution in [2.24, 2.45) is 0 Å². The molecular weight excluding hydrogens is 401 g/mol. The van der Waals surface area contributed by atoms with Crippen LogP contribution >= 0.6 is 0 Å². The van der Waals surface area contributed by atoms with Gasteiger partial charge in [-0.3, -0.25) is 4.79 Å². The zero-order valence-electron chi connectivity index (χ0n) is 17.3. The van der Waals surface area contributed by atoms with Gasteiger partial charge in [0.2, 0.25) is 5.91 Å². The lowest BCUT2D eigenvalue weighted by Gasteiger charge is -2.23. The van der Waals surface area contributed by atoms with Crippen molar-refractivity contribution < 1.29 is 27.5 Å². The molecule has 1 aromatic carbocycles. The van der Waals surface area contributed by atoms with E-state index in [0.29, 0.717) is 25.2 Å². The van der Waals surface area contributed by atoms with Crippen molar-refractivity contribution in [3.8, 4) is 6.07 Å². The molecule has 164 valence electrons. The van der Waals surface area contributed by atoms with Crippen LogP contribution in [0.15, 0.2) is 18.2 Å². The number of alkyl carbamates (subject to hydrolysis) is 1. The number of halogens is 3. The highest BCUT2D eigenvalue weighted by molar-refractivity contribution is 5.85. The van der Waals surface area contributed by atoms with E-state index in [1.54, 1.807) is 25.7 Å². The maximum Gasteiger partial charge on any atom is 0.416 e. The molecule has 1 aromatic rings. The summed E-state index contributed by atoms with van der Waals surface area (Å²) in [6.45, 7) is 7.46. The quantitative estimate of drug-likeness (QED) is 0.771. The van der Waals surface area contributed by atoms with E-state index in [1.165, 1.54) is 13.0 Å². The molecule has 1 fully saturated rings. The molecule has 2 N–H and O–H groups in total. The monoisotopic (exact) mass is 426 g/mol. The van der Waals surface area contributed by atoms with Crippen LogP contribution in [0.3, 0.4) is 0 Å². The Labute approximate surface area is 173 Å². The fourth-order valence-corrected chi connectivity index (χ4v) is 3.05. The van der Waals surface area contributed by atoms with E-state index in [0.717, 1.165) is 12.1 Å². The van der Waals surface area contributed by atoms with Crippen molar-refractivity contribution in [3.05, 3.63) is 29.3 Å². The Balaban J connectivity index is 1.97. The number of hydrogen-bond acceptors (Lipinski definition) is 5. The lowest BCUT2D eigenvalue weighted by atomic mass is 10.1. The first-order valence-electron chi connectivity index (χ1n) is 9.46. The summed E-state index contributed by atoms with van der Waals surface area (Å²) in [6.07, 6.45) is -4.68. The minimum Gasteiger partial charge on any atom is -0.444 e. The van der Waals surface area contributed by atoms with Gasteiger partial charge in [0.25, 0.3) is 0 Å². The van der Waals surface area contributed by atoms with Crippen molar-refractivity contribution in [1.82, 2.24) is 10.6 Å². The number of nitrogens with one attached hydrogen (secondary N) is 2. The SMILES string of the molecule is C[C@H](NC(=O)OC(C)(C)C)C(=O)N[C@H]1CCN(c2ccc(C(F)(F)F)cc2C#N)C1. The van der Waals surface area contributed by atoms with E-state index in [1.807, 2.05) is 6.07 Å². The molecule has 0 unspecified atom stereocenters. The molecule has 2 atom stereocenters. The molecule has 10 heteroatoms. The highest BCUT2D eigenvalue weighted by Gasteiger charge is 2.33. The van der Waals surface area contributed by atoms with Gasteiger partial charge < -0.3 is 20.3 Å². The third-order valence-electron chi connectivity index (χ3n) is 4.45. The fourth-order valence-electron chi connectivity index (χ4n) is 3.05. The van der Waals surface area contributed by atoms with Crippen LogP contribution in [0, 0.1) is 11.3 Å². The molecule has 2 amide bonds. The zero-order valence-corrected chi connectivity index (χ0v) is 17.3. The van der Waals surface area contributed by atoms with Gasteiger partial charge in [-0.2, -0.15) is 18.4 Å². The molecule has 30 heavy (non-hydrogen) atoms. The van der Waals surface area contributed by atoms with Crippen LogP contribution in [0.25, 0.3) is 0 Å². The number of nitrogens with zero attached hydrogens (tertiary/aromatic N) is 2. The van der Waals surface area contributed by atoms with E-state index in [-0.39, 0.29) is 11.6 Å². The first-order valence-corrected chi connectivity index (χ1v) is 9.46. The van der Waals surface area contributed by atoms with Gasteiger partial charge in [0.15, 0.2) is 0 Å². The summed E-state index contributed by atoms with van der Waals surface area (Å²) < 4.78 is 43.7. The van der Waals surface area contributed by atoms with E-state index in [9.17, 15) is 28.0 Å². The molecule has 1 aliphatic rings. The van der Waals surface area contributed by atoms with E-state index < -0.39 is 35.4 Å². The summed E-state index contributed by atoms with van der Waals surface area (Å²) in [4.78, 5) is 25.9. The number of nitriles is 1. The summed E-state index contributed by atoms with van der Waals surface area (Å²) >= 11 is 0. The van der Waals surface area contributed by atoms with Crippen LogP contribution in [0.4, 0.5) is 23.7 Å². The Morgan fingerprint density at radius 3 is 2.53 bits per heavy atom. The zero-order chi connectivity index (χ0) is 22.7. The maximum absolute atomic E-state index is 12.9. The number of anilines is 1. The molecular formula is C20H25F3N4O3. The number of benzene rings is 1. The molecule has 7 nitrogen and oxygen atoms in total. The molecule has 0 radical (unpaired) electrons. The minimum absolute atomic E-state index is 0.0724. The van der Waals surface area contributed by atoms with Gasteiger partial charge in [-0.25, -0.2) is 4.79 Å². The number of carbonyl (C=O) groups is 2. The number of rotatable bonds is 4. The average molecular weight is 426 g/mol. The lowest BCUT2D eigenvalue weighted by molar-refractivity contribution is -0.137. The normalized spacial score (nSPS) is 17.8. The number of alkyl halides is 3. The predicted molar refractivity (Wildman–Crippen MR) is 104 cm³/mol. The summed E-state index contributed by atoms with van der Waals surface area (Å²) in [5, 5.41) is 14.5. The van der Waals surface area contributed by atoms with Gasteiger partial charge in [0, 0.05) is 19.1 Å². The average Bonchev–Trinajstić information content (AvgIpc) is 3.06. The second-order valence-corrected chi connectivity index (χ2v) is 8.15. The molecule has 0 aliphatic carbocycles. The molecule has 1 aliphatic heterocycles. The number of hydrogen-bond donors (Lipinski definition) is 2. The fraction of sp³-hybridized carbons (Fsp3) is 0.550. The van der Waals surface area contributed by atoms with Crippen molar-refractivity contribution in [2.75, 3.05) is 18.0 Å². The van der Waals surface area contributed by atoms with Crippen LogP contribution in [-0.2, 0) is 15.7 Å². The summed E-state index contributed by atoms with van der Waals surface area (Å²) in [6, 6.07) is 3.76. The molecule has 1 heterocycles. The van der Waals surface area contributed by atoms with Crippen LogP contribution in [0.5, 0.6) is 0 Å². The van der Waals surface area contributed by atoms with Gasteiger partial charge in [0.05, 0.1) is 16.8 Å². The molecule has 0 bridgehead atoms. The Morgan fingerprint density at radius 2 is 1.97 bits per heavy atom. The second-order valence-electron chi connectivity index (χ2n) is 8.15. The summed E-state index contributed by atoms with van der Waals surface area (Å²) in [5.41, 5.74) is -1.25. The third kappa shape index (κ3) is 6.27. The maximum atomic E-state index is 12.9. The molecule has 0 aromatic heterocycles. The molecule has 0 saturated carbocycles. The smallest absolute Gasteiger partial charge is 0.416 e. The number of carbonyl (C=O) groups excluding carboxylic acids is 2. The minimum atomic E-state index is -4.52. The van der Waals surface area contributed by atoms with Gasteiger partial charge in [0.1, 0.15) is 17.7 Å². The second kappa shape index (κ2) is 8.81. The number of amides is 2. The van der Waals surface area contributed by atoms with Crippen molar-refractivity contribution in [1.29, 1.82) is 5.26 Å². The Bertz CT molecular complexity index is 843. The Hall–Kier alpha value is -2.96. The first kappa shape index (κ1) is 23.3.